The van der Waals surface area contributed by atoms with Crippen molar-refractivity contribution in [2.45, 2.75) is 78.4 Å². The Morgan fingerprint density at radius 1 is 1.35 bits per heavy atom. The summed E-state index contributed by atoms with van der Waals surface area (Å²) in [5.74, 6) is 0. The number of nitrogens with one attached hydrogen (secondary N) is 1. The molecule has 2 heteroatoms. The maximum absolute atomic E-state index is 3.72. The second-order valence-electron chi connectivity index (χ2n) is 6.43. The zero-order chi connectivity index (χ0) is 13.1. The predicted molar refractivity (Wildman–Crippen MR) is 76.4 cm³/mol. The quantitative estimate of drug-likeness (QED) is 0.766. The average Bonchev–Trinajstić information content (AvgIpc) is 2.55. The van der Waals surface area contributed by atoms with Gasteiger partial charge in [-0.1, -0.05) is 34.1 Å². The highest BCUT2D eigenvalue weighted by Crippen LogP contribution is 2.40. The third-order valence-corrected chi connectivity index (χ3v) is 4.66. The van der Waals surface area contributed by atoms with E-state index >= 15 is 0 Å². The van der Waals surface area contributed by atoms with Gasteiger partial charge < -0.3 is 5.32 Å². The maximum Gasteiger partial charge on any atom is 0.0274 e. The van der Waals surface area contributed by atoms with Crippen molar-refractivity contribution in [1.29, 1.82) is 0 Å². The van der Waals surface area contributed by atoms with Crippen molar-refractivity contribution >= 4 is 0 Å². The van der Waals surface area contributed by atoms with Crippen molar-refractivity contribution in [1.82, 2.24) is 10.2 Å². The molecule has 0 aromatic heterocycles. The lowest BCUT2D eigenvalue weighted by Gasteiger charge is -2.38. The van der Waals surface area contributed by atoms with Gasteiger partial charge in [-0.15, -0.1) is 0 Å². The molecule has 3 unspecified atom stereocenters. The molecule has 0 aromatic carbocycles. The Balaban J connectivity index is 2.69. The van der Waals surface area contributed by atoms with E-state index in [9.17, 15) is 0 Å². The number of likely N-dealkylation sites (N-methyl/N-ethyl adjacent to an activating group) is 2. The smallest absolute Gasteiger partial charge is 0.0274 e. The van der Waals surface area contributed by atoms with Crippen LogP contribution < -0.4 is 5.32 Å². The molecule has 3 atom stereocenters. The van der Waals surface area contributed by atoms with Crippen LogP contribution in [-0.4, -0.2) is 36.6 Å². The van der Waals surface area contributed by atoms with Crippen LogP contribution in [0.4, 0.5) is 0 Å². The van der Waals surface area contributed by atoms with Crippen LogP contribution in [0.25, 0.3) is 0 Å². The lowest BCUT2D eigenvalue weighted by Crippen LogP contribution is -2.52. The highest BCUT2D eigenvalue weighted by atomic mass is 15.2. The minimum atomic E-state index is 0.445. The third kappa shape index (κ3) is 3.45. The number of hydrogen-bond donors (Lipinski definition) is 1. The van der Waals surface area contributed by atoms with E-state index in [4.69, 9.17) is 0 Å². The van der Waals surface area contributed by atoms with Crippen LogP contribution in [0.3, 0.4) is 0 Å². The Labute approximate surface area is 108 Å². The van der Waals surface area contributed by atoms with Gasteiger partial charge in [0, 0.05) is 18.1 Å². The number of hydrogen-bond acceptors (Lipinski definition) is 2. The normalized spacial score (nSPS) is 29.8. The summed E-state index contributed by atoms with van der Waals surface area (Å²) in [5.41, 5.74) is 0.445. The van der Waals surface area contributed by atoms with Crippen LogP contribution in [0, 0.1) is 5.41 Å². The van der Waals surface area contributed by atoms with E-state index in [1.165, 1.54) is 25.7 Å². The first-order valence-corrected chi connectivity index (χ1v) is 7.39. The molecular formula is C15H32N2. The van der Waals surface area contributed by atoms with Crippen LogP contribution in [0.5, 0.6) is 0 Å². The molecule has 1 rings (SSSR count). The molecule has 0 bridgehead atoms. The highest BCUT2D eigenvalue weighted by molar-refractivity contribution is 5.01. The zero-order valence-corrected chi connectivity index (χ0v) is 12.7. The SMILES string of the molecule is CCCC(C)N(C)C1CCC(C)(C)C1NCC. The van der Waals surface area contributed by atoms with Gasteiger partial charge >= 0.3 is 0 Å². The van der Waals surface area contributed by atoms with Crippen molar-refractivity contribution in [3.63, 3.8) is 0 Å². The van der Waals surface area contributed by atoms with E-state index in [1.807, 2.05) is 0 Å². The molecular weight excluding hydrogens is 208 g/mol. The van der Waals surface area contributed by atoms with Crippen molar-refractivity contribution in [3.05, 3.63) is 0 Å². The van der Waals surface area contributed by atoms with Crippen LogP contribution in [0.1, 0.15) is 60.3 Å². The number of nitrogens with zero attached hydrogens (tertiary/aromatic N) is 1. The molecule has 102 valence electrons. The van der Waals surface area contributed by atoms with Gasteiger partial charge in [0.15, 0.2) is 0 Å². The summed E-state index contributed by atoms with van der Waals surface area (Å²) in [6, 6.07) is 2.07. The molecule has 2 nitrogen and oxygen atoms in total. The summed E-state index contributed by atoms with van der Waals surface area (Å²) in [6.07, 6.45) is 5.29. The average molecular weight is 240 g/mol. The zero-order valence-electron chi connectivity index (χ0n) is 12.7. The standard InChI is InChI=1S/C15H32N2/c1-7-9-12(3)17(6)13-10-11-15(4,5)14(13)16-8-2/h12-14,16H,7-11H2,1-6H3. The van der Waals surface area contributed by atoms with Crippen LogP contribution in [0.2, 0.25) is 0 Å². The van der Waals surface area contributed by atoms with Gasteiger partial charge in [-0.3, -0.25) is 4.90 Å². The summed E-state index contributed by atoms with van der Waals surface area (Å²) in [6.45, 7) is 12.8. The van der Waals surface area contributed by atoms with Gasteiger partial charge in [0.2, 0.25) is 0 Å². The lowest BCUT2D eigenvalue weighted by molar-refractivity contribution is 0.131. The molecule has 1 saturated carbocycles. The van der Waals surface area contributed by atoms with E-state index in [1.54, 1.807) is 0 Å². The van der Waals surface area contributed by atoms with Crippen molar-refractivity contribution in [3.8, 4) is 0 Å². The molecule has 0 aromatic rings. The largest absolute Gasteiger partial charge is 0.312 e. The summed E-state index contributed by atoms with van der Waals surface area (Å²) in [7, 11) is 2.32. The van der Waals surface area contributed by atoms with Crippen molar-refractivity contribution in [2.75, 3.05) is 13.6 Å². The van der Waals surface area contributed by atoms with Gasteiger partial charge in [0.25, 0.3) is 0 Å². The van der Waals surface area contributed by atoms with Gasteiger partial charge in [0.05, 0.1) is 0 Å². The summed E-state index contributed by atoms with van der Waals surface area (Å²) in [4.78, 5) is 2.62. The molecule has 1 N–H and O–H groups in total. The minimum absolute atomic E-state index is 0.445. The highest BCUT2D eigenvalue weighted by Gasteiger charge is 2.43. The topological polar surface area (TPSA) is 15.3 Å². The fourth-order valence-electron chi connectivity index (χ4n) is 3.38. The Bertz CT molecular complexity index is 225. The molecule has 1 aliphatic rings. The minimum Gasteiger partial charge on any atom is -0.312 e. The molecule has 0 radical (unpaired) electrons. The molecule has 1 fully saturated rings. The molecule has 1 aliphatic carbocycles. The van der Waals surface area contributed by atoms with E-state index in [0.29, 0.717) is 23.5 Å². The van der Waals surface area contributed by atoms with Crippen LogP contribution >= 0.6 is 0 Å². The third-order valence-electron chi connectivity index (χ3n) is 4.66. The summed E-state index contributed by atoms with van der Waals surface area (Å²) >= 11 is 0. The van der Waals surface area contributed by atoms with E-state index in [2.05, 4.69) is 51.9 Å². The van der Waals surface area contributed by atoms with Crippen molar-refractivity contribution in [2.24, 2.45) is 5.41 Å². The fraction of sp³-hybridized carbons (Fsp3) is 1.00. The second kappa shape index (κ2) is 6.19. The van der Waals surface area contributed by atoms with Crippen LogP contribution in [0.15, 0.2) is 0 Å². The lowest BCUT2D eigenvalue weighted by atomic mass is 9.86. The monoisotopic (exact) mass is 240 g/mol. The molecule has 0 aliphatic heterocycles. The van der Waals surface area contributed by atoms with Crippen LogP contribution in [-0.2, 0) is 0 Å². The maximum atomic E-state index is 3.72. The number of rotatable bonds is 6. The van der Waals surface area contributed by atoms with Gasteiger partial charge in [-0.05, 0) is 45.2 Å². The van der Waals surface area contributed by atoms with Gasteiger partial charge in [-0.25, -0.2) is 0 Å². The first-order chi connectivity index (χ1) is 7.94. The first kappa shape index (κ1) is 15.0. The first-order valence-electron chi connectivity index (χ1n) is 7.39. The summed E-state index contributed by atoms with van der Waals surface area (Å²) < 4.78 is 0. The summed E-state index contributed by atoms with van der Waals surface area (Å²) in [5, 5.41) is 3.72. The molecule has 17 heavy (non-hydrogen) atoms. The van der Waals surface area contributed by atoms with E-state index in [-0.39, 0.29) is 0 Å². The van der Waals surface area contributed by atoms with E-state index < -0.39 is 0 Å². The molecule has 0 amide bonds. The molecule has 0 spiro atoms. The van der Waals surface area contributed by atoms with E-state index in [0.717, 1.165) is 6.54 Å². The van der Waals surface area contributed by atoms with Gasteiger partial charge in [-0.2, -0.15) is 0 Å². The molecule has 0 heterocycles. The Morgan fingerprint density at radius 2 is 2.00 bits per heavy atom. The molecule has 0 saturated heterocycles. The Hall–Kier alpha value is -0.0800. The second-order valence-corrected chi connectivity index (χ2v) is 6.43. The van der Waals surface area contributed by atoms with Gasteiger partial charge in [0.1, 0.15) is 0 Å². The predicted octanol–water partition coefficient (Wildman–Crippen LogP) is 3.27. The fourth-order valence-corrected chi connectivity index (χ4v) is 3.38. The Kier molecular flexibility index (Phi) is 5.46. The van der Waals surface area contributed by atoms with Crippen molar-refractivity contribution < 1.29 is 0 Å². The Morgan fingerprint density at radius 3 is 2.53 bits per heavy atom.